The van der Waals surface area contributed by atoms with Crippen LogP contribution in [0.1, 0.15) is 62.8 Å². The molecular weight excluding hydrogens is 422 g/mol. The molecule has 0 saturated heterocycles. The highest BCUT2D eigenvalue weighted by Gasteiger charge is 2.31. The first-order chi connectivity index (χ1) is 15.3. The molecule has 0 atom stereocenters. The Morgan fingerprint density at radius 3 is 2.25 bits per heavy atom. The standard InChI is InChI=1S/C25H29F4NO2/c26-22(16-30)3-1-2-18-4-6-19(7-5-18)17-31-23-12-8-20(9-13-23)21-10-14-24(15-11-21)32-25(27,28)29/h1-3,10-11,14-15,18-20,23H,4-9,12-13,17H2. The molecule has 2 aliphatic carbocycles. The van der Waals surface area contributed by atoms with Crippen molar-refractivity contribution in [1.29, 1.82) is 5.26 Å². The number of hydrogen-bond acceptors (Lipinski definition) is 3. The zero-order valence-electron chi connectivity index (χ0n) is 18.0. The van der Waals surface area contributed by atoms with Gasteiger partial charge in [0.1, 0.15) is 11.8 Å². The third-order valence-corrected chi connectivity index (χ3v) is 6.45. The second-order valence-corrected chi connectivity index (χ2v) is 8.72. The Labute approximate surface area is 186 Å². The van der Waals surface area contributed by atoms with Gasteiger partial charge in [0.15, 0.2) is 5.83 Å². The molecule has 0 aliphatic heterocycles. The Kier molecular flexibility index (Phi) is 8.75. The Bertz CT molecular complexity index is 810. The summed E-state index contributed by atoms with van der Waals surface area (Å²) >= 11 is 0. The van der Waals surface area contributed by atoms with Crippen LogP contribution in [0.5, 0.6) is 5.75 Å². The smallest absolute Gasteiger partial charge is 0.406 e. The van der Waals surface area contributed by atoms with E-state index in [-0.39, 0.29) is 11.9 Å². The van der Waals surface area contributed by atoms with Crippen molar-refractivity contribution in [1.82, 2.24) is 0 Å². The van der Waals surface area contributed by atoms with Crippen molar-refractivity contribution in [2.75, 3.05) is 6.61 Å². The summed E-state index contributed by atoms with van der Waals surface area (Å²) in [5.41, 5.74) is 1.05. The number of ether oxygens (including phenoxy) is 2. The van der Waals surface area contributed by atoms with Crippen LogP contribution in [-0.4, -0.2) is 19.1 Å². The Morgan fingerprint density at radius 2 is 1.66 bits per heavy atom. The first-order valence-electron chi connectivity index (χ1n) is 11.2. The summed E-state index contributed by atoms with van der Waals surface area (Å²) in [6.45, 7) is 0.762. The van der Waals surface area contributed by atoms with E-state index in [1.165, 1.54) is 24.3 Å². The number of nitriles is 1. The SMILES string of the molecule is N#CC(F)=CC=CC1CCC(COC2CCC(c3ccc(OC(F)(F)F)cc3)CC2)CC1. The molecule has 32 heavy (non-hydrogen) atoms. The van der Waals surface area contributed by atoms with Crippen LogP contribution >= 0.6 is 0 Å². The molecule has 0 N–H and O–H groups in total. The molecule has 0 heterocycles. The quantitative estimate of drug-likeness (QED) is 0.247. The second kappa shape index (κ2) is 11.5. The van der Waals surface area contributed by atoms with Crippen LogP contribution in [0.15, 0.2) is 48.3 Å². The molecule has 2 fully saturated rings. The first kappa shape index (κ1) is 24.3. The summed E-state index contributed by atoms with van der Waals surface area (Å²) in [4.78, 5) is 0. The van der Waals surface area contributed by atoms with E-state index in [9.17, 15) is 17.6 Å². The first-order valence-corrected chi connectivity index (χ1v) is 11.2. The molecule has 3 nitrogen and oxygen atoms in total. The lowest BCUT2D eigenvalue weighted by Gasteiger charge is -2.32. The number of benzene rings is 1. The van der Waals surface area contributed by atoms with E-state index in [1.807, 2.05) is 6.08 Å². The van der Waals surface area contributed by atoms with Gasteiger partial charge in [-0.05, 0) is 92.9 Å². The average molecular weight is 452 g/mol. The Hall–Kier alpha value is -2.33. The normalized spacial score (nSPS) is 27.3. The highest BCUT2D eigenvalue weighted by atomic mass is 19.4. The molecule has 0 radical (unpaired) electrons. The predicted molar refractivity (Wildman–Crippen MR) is 113 cm³/mol. The van der Waals surface area contributed by atoms with Gasteiger partial charge in [-0.15, -0.1) is 13.2 Å². The molecule has 2 aliphatic rings. The van der Waals surface area contributed by atoms with Gasteiger partial charge in [0, 0.05) is 6.61 Å². The lowest BCUT2D eigenvalue weighted by Crippen LogP contribution is -2.25. The van der Waals surface area contributed by atoms with Crippen LogP contribution in [0, 0.1) is 23.2 Å². The van der Waals surface area contributed by atoms with Crippen LogP contribution in [0.2, 0.25) is 0 Å². The van der Waals surface area contributed by atoms with E-state index in [1.54, 1.807) is 18.2 Å². The molecule has 174 valence electrons. The number of halogens is 4. The molecule has 7 heteroatoms. The van der Waals surface area contributed by atoms with Gasteiger partial charge in [-0.1, -0.05) is 24.3 Å². The van der Waals surface area contributed by atoms with Crippen molar-refractivity contribution < 1.29 is 27.0 Å². The number of allylic oxidation sites excluding steroid dienone is 4. The fraction of sp³-hybridized carbons (Fsp3) is 0.560. The zero-order valence-corrected chi connectivity index (χ0v) is 18.0. The lowest BCUT2D eigenvalue weighted by atomic mass is 9.81. The maximum atomic E-state index is 12.8. The minimum absolute atomic E-state index is 0.186. The summed E-state index contributed by atoms with van der Waals surface area (Å²) in [6.07, 6.45) is 8.52. The molecule has 1 aromatic carbocycles. The molecular formula is C25H29F4NO2. The largest absolute Gasteiger partial charge is 0.573 e. The molecule has 0 aromatic heterocycles. The third kappa shape index (κ3) is 7.98. The van der Waals surface area contributed by atoms with Crippen LogP contribution in [-0.2, 0) is 4.74 Å². The maximum absolute atomic E-state index is 12.8. The van der Waals surface area contributed by atoms with Gasteiger partial charge in [0.05, 0.1) is 6.10 Å². The van der Waals surface area contributed by atoms with Crippen LogP contribution in [0.25, 0.3) is 0 Å². The fourth-order valence-electron chi connectivity index (χ4n) is 4.66. The second-order valence-electron chi connectivity index (χ2n) is 8.72. The number of alkyl halides is 3. The van der Waals surface area contributed by atoms with Crippen LogP contribution < -0.4 is 4.74 Å². The van der Waals surface area contributed by atoms with Gasteiger partial charge in [0.2, 0.25) is 0 Å². The minimum Gasteiger partial charge on any atom is -0.406 e. The van der Waals surface area contributed by atoms with Crippen molar-refractivity contribution in [2.45, 2.75) is 69.8 Å². The molecule has 3 rings (SSSR count). The Balaban J connectivity index is 1.34. The number of hydrogen-bond donors (Lipinski definition) is 0. The van der Waals surface area contributed by atoms with Gasteiger partial charge < -0.3 is 9.47 Å². The number of rotatable bonds is 7. The van der Waals surface area contributed by atoms with Gasteiger partial charge in [-0.3, -0.25) is 0 Å². The summed E-state index contributed by atoms with van der Waals surface area (Å²) in [7, 11) is 0. The zero-order chi connectivity index (χ0) is 23.0. The van der Waals surface area contributed by atoms with E-state index < -0.39 is 12.2 Å². The highest BCUT2D eigenvalue weighted by molar-refractivity contribution is 5.30. The summed E-state index contributed by atoms with van der Waals surface area (Å²) in [5, 5.41) is 8.41. The fourth-order valence-corrected chi connectivity index (χ4v) is 4.66. The Morgan fingerprint density at radius 1 is 1.00 bits per heavy atom. The average Bonchev–Trinajstić information content (AvgIpc) is 2.78. The third-order valence-electron chi connectivity index (χ3n) is 6.45. The van der Waals surface area contributed by atoms with E-state index in [0.29, 0.717) is 17.8 Å². The van der Waals surface area contributed by atoms with E-state index in [4.69, 9.17) is 10.00 Å². The van der Waals surface area contributed by atoms with Crippen LogP contribution in [0.3, 0.4) is 0 Å². The molecule has 0 unspecified atom stereocenters. The van der Waals surface area contributed by atoms with Crippen molar-refractivity contribution in [3.8, 4) is 11.8 Å². The van der Waals surface area contributed by atoms with Crippen molar-refractivity contribution in [3.63, 3.8) is 0 Å². The van der Waals surface area contributed by atoms with Gasteiger partial charge in [-0.25, -0.2) is 0 Å². The predicted octanol–water partition coefficient (Wildman–Crippen LogP) is 7.37. The summed E-state index contributed by atoms with van der Waals surface area (Å²) < 4.78 is 59.8. The van der Waals surface area contributed by atoms with Gasteiger partial charge >= 0.3 is 6.36 Å². The van der Waals surface area contributed by atoms with E-state index >= 15 is 0 Å². The van der Waals surface area contributed by atoms with E-state index in [2.05, 4.69) is 4.74 Å². The summed E-state index contributed by atoms with van der Waals surface area (Å²) in [6, 6.07) is 7.68. The maximum Gasteiger partial charge on any atom is 0.573 e. The molecule has 2 saturated carbocycles. The molecule has 0 amide bonds. The van der Waals surface area contributed by atoms with Gasteiger partial charge in [0.25, 0.3) is 0 Å². The lowest BCUT2D eigenvalue weighted by molar-refractivity contribution is -0.274. The van der Waals surface area contributed by atoms with Crippen molar-refractivity contribution >= 4 is 0 Å². The van der Waals surface area contributed by atoms with Crippen molar-refractivity contribution in [2.24, 2.45) is 11.8 Å². The van der Waals surface area contributed by atoms with E-state index in [0.717, 1.165) is 63.5 Å². The molecule has 0 bridgehead atoms. The topological polar surface area (TPSA) is 42.2 Å². The highest BCUT2D eigenvalue weighted by Crippen LogP contribution is 2.36. The summed E-state index contributed by atoms with van der Waals surface area (Å²) in [5.74, 6) is 0.360. The van der Waals surface area contributed by atoms with Crippen molar-refractivity contribution in [3.05, 3.63) is 53.9 Å². The van der Waals surface area contributed by atoms with Crippen LogP contribution in [0.4, 0.5) is 17.6 Å². The van der Waals surface area contributed by atoms with Gasteiger partial charge in [-0.2, -0.15) is 9.65 Å². The molecule has 1 aromatic rings. The molecule has 0 spiro atoms. The number of nitrogens with zero attached hydrogens (tertiary/aromatic N) is 1. The monoisotopic (exact) mass is 451 g/mol. The minimum atomic E-state index is -4.67.